The van der Waals surface area contributed by atoms with Crippen molar-refractivity contribution in [2.75, 3.05) is 5.32 Å². The van der Waals surface area contributed by atoms with E-state index in [1.807, 2.05) is 30.3 Å². The van der Waals surface area contributed by atoms with Crippen molar-refractivity contribution in [2.24, 2.45) is 0 Å². The number of rotatable bonds is 4. The fourth-order valence-electron chi connectivity index (χ4n) is 3.34. The fourth-order valence-corrected chi connectivity index (χ4v) is 3.34. The van der Waals surface area contributed by atoms with Gasteiger partial charge in [-0.1, -0.05) is 48.5 Å². The molecule has 26 heavy (non-hydrogen) atoms. The van der Waals surface area contributed by atoms with Crippen LogP contribution in [0.3, 0.4) is 0 Å². The van der Waals surface area contributed by atoms with Crippen LogP contribution in [0.15, 0.2) is 54.6 Å². The summed E-state index contributed by atoms with van der Waals surface area (Å²) in [4.78, 5) is 14.0. The Morgan fingerprint density at radius 1 is 1.15 bits per heavy atom. The number of nitrogens with one attached hydrogen (secondary N) is 2. The first-order chi connectivity index (χ1) is 12.7. The van der Waals surface area contributed by atoms with Crippen LogP contribution in [0, 0.1) is 12.3 Å². The van der Waals surface area contributed by atoms with Crippen LogP contribution < -0.4 is 5.32 Å². The molecule has 3 aromatic rings. The Hall–Kier alpha value is -3.36. The highest BCUT2D eigenvalue weighted by Crippen LogP contribution is 2.35. The average Bonchev–Trinajstić information content (AvgIpc) is 3.23. The van der Waals surface area contributed by atoms with E-state index in [4.69, 9.17) is 6.42 Å². The molecule has 0 unspecified atom stereocenters. The summed E-state index contributed by atoms with van der Waals surface area (Å²) in [6.45, 7) is 2.53. The van der Waals surface area contributed by atoms with E-state index < -0.39 is 5.91 Å². The summed E-state index contributed by atoms with van der Waals surface area (Å²) in [5.74, 6) is 1.62. The van der Waals surface area contributed by atoms with Gasteiger partial charge in [-0.3, -0.25) is 14.8 Å². The van der Waals surface area contributed by atoms with Gasteiger partial charge in [0.2, 0.25) is 0 Å². The number of terminal acetylenes is 1. The van der Waals surface area contributed by atoms with E-state index in [1.54, 1.807) is 0 Å². The molecular weight excluding hydrogens is 324 g/mol. The van der Waals surface area contributed by atoms with Gasteiger partial charge in [-0.2, -0.15) is 5.10 Å². The van der Waals surface area contributed by atoms with Crippen molar-refractivity contribution in [1.82, 2.24) is 15.1 Å². The third-order valence-corrected chi connectivity index (χ3v) is 4.53. The highest BCUT2D eigenvalue weighted by Gasteiger charge is 2.26. The first-order valence-electron chi connectivity index (χ1n) is 8.44. The number of hydrogen-bond donors (Lipinski definition) is 2. The SMILES string of the molecule is C#CC(=O)Nc1ccccc1-c1n[nH]c2c1CN(Cc1ccccc1)C2. The Kier molecular flexibility index (Phi) is 4.26. The molecule has 2 N–H and O–H groups in total. The lowest BCUT2D eigenvalue weighted by Gasteiger charge is -2.15. The molecule has 1 aliphatic rings. The molecule has 5 heteroatoms. The molecule has 0 atom stereocenters. The quantitative estimate of drug-likeness (QED) is 0.716. The predicted molar refractivity (Wildman–Crippen MR) is 101 cm³/mol. The molecule has 1 aromatic heterocycles. The molecule has 0 spiro atoms. The second-order valence-corrected chi connectivity index (χ2v) is 6.30. The van der Waals surface area contributed by atoms with Gasteiger partial charge in [0.15, 0.2) is 0 Å². The van der Waals surface area contributed by atoms with Crippen molar-refractivity contribution in [3.8, 4) is 23.6 Å². The van der Waals surface area contributed by atoms with Crippen LogP contribution in [0.5, 0.6) is 0 Å². The van der Waals surface area contributed by atoms with E-state index in [-0.39, 0.29) is 0 Å². The highest BCUT2D eigenvalue weighted by molar-refractivity contribution is 6.05. The van der Waals surface area contributed by atoms with Gasteiger partial charge < -0.3 is 5.32 Å². The number of carbonyl (C=O) groups is 1. The van der Waals surface area contributed by atoms with Gasteiger partial charge in [0.25, 0.3) is 5.91 Å². The van der Waals surface area contributed by atoms with Crippen molar-refractivity contribution in [3.05, 3.63) is 71.4 Å². The zero-order valence-electron chi connectivity index (χ0n) is 14.2. The number of H-pyrrole nitrogens is 1. The summed E-state index contributed by atoms with van der Waals surface area (Å²) in [6, 6.07) is 18.0. The standard InChI is InChI=1S/C21H18N4O/c1-2-20(26)22-18-11-7-6-10-16(18)21-17-13-25(14-19(17)23-24-21)12-15-8-4-3-5-9-15/h1,3-11H,12-14H2,(H,22,26)(H,23,24). The smallest absolute Gasteiger partial charge is 0.300 e. The highest BCUT2D eigenvalue weighted by atomic mass is 16.1. The molecule has 2 aromatic carbocycles. The Balaban J connectivity index is 1.60. The monoisotopic (exact) mass is 342 g/mol. The number of aromatic nitrogens is 2. The number of hydrogen-bond acceptors (Lipinski definition) is 3. The van der Waals surface area contributed by atoms with Crippen LogP contribution >= 0.6 is 0 Å². The molecule has 1 amide bonds. The van der Waals surface area contributed by atoms with Crippen LogP contribution in [0.2, 0.25) is 0 Å². The van der Waals surface area contributed by atoms with Gasteiger partial charge in [-0.05, 0) is 17.6 Å². The zero-order valence-corrected chi connectivity index (χ0v) is 14.2. The minimum atomic E-state index is -0.463. The van der Waals surface area contributed by atoms with Crippen molar-refractivity contribution in [3.63, 3.8) is 0 Å². The molecule has 128 valence electrons. The number of carbonyl (C=O) groups excluding carboxylic acids is 1. The number of para-hydroxylation sites is 1. The van der Waals surface area contributed by atoms with E-state index in [9.17, 15) is 4.79 Å². The Morgan fingerprint density at radius 2 is 1.92 bits per heavy atom. The summed E-state index contributed by atoms with van der Waals surface area (Å²) in [5.41, 5.74) is 5.98. The number of fused-ring (bicyclic) bond motifs is 1. The van der Waals surface area contributed by atoms with Gasteiger partial charge in [0, 0.05) is 30.8 Å². The summed E-state index contributed by atoms with van der Waals surface area (Å²) in [5, 5.41) is 10.4. The van der Waals surface area contributed by atoms with Crippen LogP contribution in [0.4, 0.5) is 5.69 Å². The molecule has 0 saturated heterocycles. The summed E-state index contributed by atoms with van der Waals surface area (Å²) >= 11 is 0. The van der Waals surface area contributed by atoms with Gasteiger partial charge >= 0.3 is 0 Å². The van der Waals surface area contributed by atoms with Gasteiger partial charge in [-0.25, -0.2) is 0 Å². The van der Waals surface area contributed by atoms with Crippen LogP contribution in [-0.2, 0) is 24.4 Å². The Labute approximate surface area is 152 Å². The molecule has 5 nitrogen and oxygen atoms in total. The van der Waals surface area contributed by atoms with Crippen molar-refractivity contribution in [2.45, 2.75) is 19.6 Å². The molecule has 0 radical (unpaired) electrons. The molecular formula is C21H18N4O. The summed E-state index contributed by atoms with van der Waals surface area (Å²) in [6.07, 6.45) is 5.18. The minimum Gasteiger partial charge on any atom is -0.315 e. The lowest BCUT2D eigenvalue weighted by atomic mass is 10.0. The second-order valence-electron chi connectivity index (χ2n) is 6.30. The van der Waals surface area contributed by atoms with Crippen molar-refractivity contribution < 1.29 is 4.79 Å². The Morgan fingerprint density at radius 3 is 2.73 bits per heavy atom. The van der Waals surface area contributed by atoms with E-state index >= 15 is 0 Å². The summed E-state index contributed by atoms with van der Waals surface area (Å²) in [7, 11) is 0. The zero-order chi connectivity index (χ0) is 17.9. The van der Waals surface area contributed by atoms with E-state index in [2.05, 4.69) is 50.6 Å². The van der Waals surface area contributed by atoms with Gasteiger partial charge in [0.1, 0.15) is 0 Å². The lowest BCUT2D eigenvalue weighted by molar-refractivity contribution is -0.111. The molecule has 2 heterocycles. The molecule has 1 aliphatic heterocycles. The topological polar surface area (TPSA) is 61.0 Å². The first kappa shape index (κ1) is 16.1. The van der Waals surface area contributed by atoms with Gasteiger partial charge in [-0.15, -0.1) is 6.42 Å². The van der Waals surface area contributed by atoms with Crippen molar-refractivity contribution >= 4 is 11.6 Å². The maximum absolute atomic E-state index is 11.6. The summed E-state index contributed by atoms with van der Waals surface area (Å²) < 4.78 is 0. The first-order valence-corrected chi connectivity index (χ1v) is 8.44. The van der Waals surface area contributed by atoms with Gasteiger partial charge in [0.05, 0.1) is 17.1 Å². The third kappa shape index (κ3) is 3.10. The van der Waals surface area contributed by atoms with E-state index in [0.29, 0.717) is 5.69 Å². The number of nitrogens with zero attached hydrogens (tertiary/aromatic N) is 2. The molecule has 4 rings (SSSR count). The van der Waals surface area contributed by atoms with Crippen LogP contribution in [0.1, 0.15) is 16.8 Å². The minimum absolute atomic E-state index is 0.463. The number of amides is 1. The van der Waals surface area contributed by atoms with Crippen LogP contribution in [0.25, 0.3) is 11.3 Å². The maximum atomic E-state index is 11.6. The van der Waals surface area contributed by atoms with Crippen molar-refractivity contribution in [1.29, 1.82) is 0 Å². The lowest BCUT2D eigenvalue weighted by Crippen LogP contribution is -2.16. The fraction of sp³-hybridized carbons (Fsp3) is 0.143. The largest absolute Gasteiger partial charge is 0.315 e. The van der Waals surface area contributed by atoms with E-state index in [1.165, 1.54) is 11.1 Å². The Bertz CT molecular complexity index is 985. The maximum Gasteiger partial charge on any atom is 0.300 e. The number of anilines is 1. The molecule has 0 bridgehead atoms. The molecule has 0 saturated carbocycles. The predicted octanol–water partition coefficient (Wildman–Crippen LogP) is 3.16. The average molecular weight is 342 g/mol. The molecule has 0 aliphatic carbocycles. The third-order valence-electron chi connectivity index (χ3n) is 4.53. The number of aromatic amines is 1. The normalized spacial score (nSPS) is 13.2. The van der Waals surface area contributed by atoms with Crippen LogP contribution in [-0.4, -0.2) is 21.0 Å². The molecule has 0 fully saturated rings. The second kappa shape index (κ2) is 6.87. The van der Waals surface area contributed by atoms with E-state index in [0.717, 1.165) is 36.6 Å². The number of benzene rings is 2.